The molecule has 2 aromatic carbocycles. The van der Waals surface area contributed by atoms with Gasteiger partial charge < -0.3 is 34.6 Å². The van der Waals surface area contributed by atoms with Gasteiger partial charge >= 0.3 is 0 Å². The number of nitrogens with zero attached hydrogens (tertiary/aromatic N) is 9. The summed E-state index contributed by atoms with van der Waals surface area (Å²) in [5.74, 6) is 0.443. The molecule has 2 unspecified atom stereocenters. The monoisotopic (exact) mass is 943 g/mol. The first kappa shape index (κ1) is 46.6. The van der Waals surface area contributed by atoms with Crippen molar-refractivity contribution in [3.63, 3.8) is 0 Å². The second-order valence-electron chi connectivity index (χ2n) is 16.5. The highest BCUT2D eigenvalue weighted by atomic mass is 32.2. The lowest BCUT2D eigenvalue weighted by atomic mass is 10.0. The van der Waals surface area contributed by atoms with E-state index in [-0.39, 0.29) is 11.5 Å². The van der Waals surface area contributed by atoms with Gasteiger partial charge in [0, 0.05) is 92.6 Å². The van der Waals surface area contributed by atoms with E-state index < -0.39 is 43.6 Å². The normalized spacial score (nSPS) is 17.3. The Hall–Kier alpha value is -5.91. The minimum Gasteiger partial charge on any atom is -0.379 e. The van der Waals surface area contributed by atoms with E-state index in [1.54, 1.807) is 79.9 Å². The summed E-state index contributed by atoms with van der Waals surface area (Å²) >= 11 is 0. The number of rotatable bonds is 15. The Balaban J connectivity index is 1.05. The number of aromatic nitrogens is 6. The number of morpholine rings is 3. The Morgan fingerprint density at radius 2 is 1.00 bits per heavy atom. The average molecular weight is 944 g/mol. The van der Waals surface area contributed by atoms with E-state index in [1.165, 1.54) is 4.68 Å². The summed E-state index contributed by atoms with van der Waals surface area (Å²) in [6.45, 7) is 7.79. The SMILES string of the molecule is Cc1ccn(C(C(=O)Nc2ccc(-c3nc(CS(C)(=O)=O)cc(N4CCOCC4)n3)cc2)C(C(=O)Nc2ccc(-c3nc(CS(C)(=O)=O)cc(N4CCOCC4)n3)cc2)N2CCOCC2)n1. The smallest absolute Gasteiger partial charge is 0.251 e. The van der Waals surface area contributed by atoms with Crippen LogP contribution in [0.4, 0.5) is 23.0 Å². The molecule has 0 radical (unpaired) electrons. The Bertz CT molecular complexity index is 2740. The molecule has 0 bridgehead atoms. The number of carbonyl (C=O) groups excluding carboxylic acids is 2. The van der Waals surface area contributed by atoms with Crippen LogP contribution >= 0.6 is 0 Å². The predicted octanol–water partition coefficient (Wildman–Crippen LogP) is 2.39. The fourth-order valence-electron chi connectivity index (χ4n) is 8.02. The van der Waals surface area contributed by atoms with Crippen molar-refractivity contribution in [2.75, 3.05) is 112 Å². The van der Waals surface area contributed by atoms with Crippen LogP contribution in [0, 0.1) is 6.92 Å². The third-order valence-electron chi connectivity index (χ3n) is 11.1. The summed E-state index contributed by atoms with van der Waals surface area (Å²) in [5, 5.41) is 10.6. The summed E-state index contributed by atoms with van der Waals surface area (Å²) < 4.78 is 67.3. The molecule has 3 aromatic heterocycles. The number of hydrogen-bond donors (Lipinski definition) is 2. The van der Waals surface area contributed by atoms with Crippen LogP contribution in [0.25, 0.3) is 22.8 Å². The van der Waals surface area contributed by atoms with Gasteiger partial charge in [0.2, 0.25) is 5.91 Å². The highest BCUT2D eigenvalue weighted by Gasteiger charge is 2.41. The lowest BCUT2D eigenvalue weighted by Crippen LogP contribution is -2.55. The third-order valence-corrected chi connectivity index (χ3v) is 12.8. The molecule has 20 nitrogen and oxygen atoms in total. The second kappa shape index (κ2) is 20.3. The molecular weight excluding hydrogens is 891 g/mol. The first-order valence-corrected chi connectivity index (χ1v) is 25.7. The Kier molecular flexibility index (Phi) is 14.3. The first-order chi connectivity index (χ1) is 31.6. The molecule has 2 N–H and O–H groups in total. The van der Waals surface area contributed by atoms with Crippen molar-refractivity contribution in [1.82, 2.24) is 34.6 Å². The molecule has 6 heterocycles. The van der Waals surface area contributed by atoms with Crippen LogP contribution in [0.1, 0.15) is 23.1 Å². The molecule has 0 spiro atoms. The topological polar surface area (TPSA) is 233 Å². The summed E-state index contributed by atoms with van der Waals surface area (Å²) in [5.41, 5.74) is 3.51. The summed E-state index contributed by atoms with van der Waals surface area (Å²) in [7, 11) is -6.77. The molecule has 2 atom stereocenters. The fourth-order valence-corrected chi connectivity index (χ4v) is 9.39. The van der Waals surface area contributed by atoms with Gasteiger partial charge in [0.25, 0.3) is 5.91 Å². The molecule has 3 saturated heterocycles. The molecule has 22 heteroatoms. The lowest BCUT2D eigenvalue weighted by Gasteiger charge is -2.37. The molecule has 8 rings (SSSR count). The van der Waals surface area contributed by atoms with Gasteiger partial charge in [0.15, 0.2) is 37.4 Å². The Labute approximate surface area is 383 Å². The Morgan fingerprint density at radius 1 is 0.591 bits per heavy atom. The van der Waals surface area contributed by atoms with Crippen LogP contribution in [0.5, 0.6) is 0 Å². The quantitative estimate of drug-likeness (QED) is 0.153. The molecule has 0 aliphatic carbocycles. The van der Waals surface area contributed by atoms with Gasteiger partial charge in [-0.2, -0.15) is 5.10 Å². The van der Waals surface area contributed by atoms with Crippen molar-refractivity contribution >= 4 is 54.5 Å². The molecule has 3 fully saturated rings. The number of benzene rings is 2. The number of nitrogens with one attached hydrogen (secondary N) is 2. The van der Waals surface area contributed by atoms with Crippen molar-refractivity contribution in [2.24, 2.45) is 0 Å². The highest BCUT2D eigenvalue weighted by Crippen LogP contribution is 2.28. The molecule has 350 valence electrons. The van der Waals surface area contributed by atoms with Crippen LogP contribution in [0.15, 0.2) is 72.9 Å². The minimum atomic E-state index is -3.39. The number of amides is 2. The van der Waals surface area contributed by atoms with Crippen LogP contribution in [0.2, 0.25) is 0 Å². The number of anilines is 4. The van der Waals surface area contributed by atoms with Gasteiger partial charge in [-0.25, -0.2) is 36.8 Å². The fraction of sp³-hybridized carbons (Fsp3) is 0.432. The summed E-state index contributed by atoms with van der Waals surface area (Å²) in [6.07, 6.45) is 4.00. The van der Waals surface area contributed by atoms with E-state index in [0.29, 0.717) is 142 Å². The molecular formula is C44H53N11O9S2. The highest BCUT2D eigenvalue weighted by molar-refractivity contribution is 7.90. The molecule has 5 aromatic rings. The Morgan fingerprint density at radius 3 is 1.39 bits per heavy atom. The maximum absolute atomic E-state index is 14.6. The van der Waals surface area contributed by atoms with E-state index >= 15 is 0 Å². The molecule has 3 aliphatic rings. The van der Waals surface area contributed by atoms with Gasteiger partial charge in [-0.3, -0.25) is 19.2 Å². The lowest BCUT2D eigenvalue weighted by molar-refractivity contribution is -0.132. The van der Waals surface area contributed by atoms with Crippen LogP contribution in [-0.4, -0.2) is 161 Å². The van der Waals surface area contributed by atoms with Crippen molar-refractivity contribution in [1.29, 1.82) is 0 Å². The number of aryl methyl sites for hydroxylation is 1. The van der Waals surface area contributed by atoms with Crippen LogP contribution in [-0.2, 0) is 55.0 Å². The zero-order valence-electron chi connectivity index (χ0n) is 37.0. The van der Waals surface area contributed by atoms with E-state index in [9.17, 15) is 26.4 Å². The van der Waals surface area contributed by atoms with Gasteiger partial charge in [0.1, 0.15) is 17.7 Å². The van der Waals surface area contributed by atoms with E-state index in [2.05, 4.69) is 25.7 Å². The first-order valence-electron chi connectivity index (χ1n) is 21.6. The average Bonchev–Trinajstić information content (AvgIpc) is 3.73. The number of hydrogen-bond acceptors (Lipinski definition) is 17. The minimum absolute atomic E-state index is 0.248. The van der Waals surface area contributed by atoms with Gasteiger partial charge in [-0.15, -0.1) is 0 Å². The zero-order chi connectivity index (χ0) is 46.4. The van der Waals surface area contributed by atoms with Gasteiger partial charge in [-0.05, 0) is 61.5 Å². The maximum Gasteiger partial charge on any atom is 0.251 e. The van der Waals surface area contributed by atoms with Gasteiger partial charge in [-0.1, -0.05) is 0 Å². The number of ether oxygens (including phenoxy) is 3. The third kappa shape index (κ3) is 12.1. The largest absolute Gasteiger partial charge is 0.379 e. The van der Waals surface area contributed by atoms with E-state index in [1.807, 2.05) is 14.7 Å². The van der Waals surface area contributed by atoms with Crippen molar-refractivity contribution in [3.8, 4) is 22.8 Å². The van der Waals surface area contributed by atoms with Crippen molar-refractivity contribution in [3.05, 3.63) is 90.0 Å². The van der Waals surface area contributed by atoms with Crippen LogP contribution in [0.3, 0.4) is 0 Å². The molecule has 66 heavy (non-hydrogen) atoms. The molecule has 3 aliphatic heterocycles. The van der Waals surface area contributed by atoms with E-state index in [0.717, 1.165) is 12.5 Å². The summed E-state index contributed by atoms with van der Waals surface area (Å²) in [6, 6.07) is 16.8. The second-order valence-corrected chi connectivity index (χ2v) is 20.8. The predicted molar refractivity (Wildman–Crippen MR) is 248 cm³/mol. The molecule has 0 saturated carbocycles. The van der Waals surface area contributed by atoms with Crippen molar-refractivity contribution in [2.45, 2.75) is 30.5 Å². The maximum atomic E-state index is 14.6. The van der Waals surface area contributed by atoms with Crippen molar-refractivity contribution < 1.29 is 40.6 Å². The zero-order valence-corrected chi connectivity index (χ0v) is 38.6. The van der Waals surface area contributed by atoms with E-state index in [4.69, 9.17) is 24.2 Å². The number of carbonyl (C=O) groups is 2. The number of sulfone groups is 2. The molecule has 2 amide bonds. The van der Waals surface area contributed by atoms with Gasteiger partial charge in [0.05, 0.1) is 68.2 Å². The van der Waals surface area contributed by atoms with Crippen LogP contribution < -0.4 is 20.4 Å². The summed E-state index contributed by atoms with van der Waals surface area (Å²) in [4.78, 5) is 53.9. The standard InChI is InChI=1S/C44H53N11O9S2/c1-30-12-13-55(51-30)40(44(57)48-34-10-6-32(7-11-34)42-46-36(29-66(3,60)61)27-38(50-42)53-16-22-63-23-17-53)39(54-18-24-64-25-19-54)43(56)47-33-8-4-31(5-9-33)41-45-35(28-65(2,58)59)26-37(49-41)52-14-20-62-21-15-52/h4-13,26-27,39-40H,14-25,28-29H2,1-3H3,(H,47,56)(H,48,57).